The van der Waals surface area contributed by atoms with Crippen molar-refractivity contribution in [3.05, 3.63) is 36.4 Å². The van der Waals surface area contributed by atoms with E-state index in [1.165, 1.54) is 23.2 Å². The first-order chi connectivity index (χ1) is 15.2. The summed E-state index contributed by atoms with van der Waals surface area (Å²) >= 11 is 1.64. The average Bonchev–Trinajstić information content (AvgIpc) is 3.21. The Morgan fingerprint density at radius 2 is 1.90 bits per heavy atom. The van der Waals surface area contributed by atoms with Gasteiger partial charge in [-0.15, -0.1) is 0 Å². The minimum atomic E-state index is 0.690. The lowest BCUT2D eigenvalue weighted by atomic mass is 10.0. The van der Waals surface area contributed by atoms with Crippen molar-refractivity contribution in [2.75, 3.05) is 62.3 Å². The van der Waals surface area contributed by atoms with Gasteiger partial charge in [-0.05, 0) is 62.3 Å². The number of piperazine rings is 1. The molecule has 2 aliphatic heterocycles. The molecule has 0 atom stereocenters. The molecule has 0 unspecified atom stereocenters. The topological polar surface area (TPSA) is 78.7 Å². The van der Waals surface area contributed by atoms with Gasteiger partial charge in [0.15, 0.2) is 5.13 Å². The molecule has 7 nitrogen and oxygen atoms in total. The van der Waals surface area contributed by atoms with Crippen LogP contribution in [0.2, 0.25) is 0 Å². The maximum Gasteiger partial charge on any atom is 0.188 e. The number of piperidine rings is 1. The molecule has 31 heavy (non-hydrogen) atoms. The van der Waals surface area contributed by atoms with Crippen molar-refractivity contribution in [1.82, 2.24) is 15.2 Å². The van der Waals surface area contributed by atoms with E-state index >= 15 is 0 Å². The summed E-state index contributed by atoms with van der Waals surface area (Å²) in [4.78, 5) is 9.99. The molecule has 3 heterocycles. The highest BCUT2D eigenvalue weighted by atomic mass is 32.1. The lowest BCUT2D eigenvalue weighted by molar-refractivity contribution is 0.153. The van der Waals surface area contributed by atoms with Crippen molar-refractivity contribution in [3.63, 3.8) is 0 Å². The molecule has 2 aliphatic rings. The van der Waals surface area contributed by atoms with Crippen LogP contribution in [0.15, 0.2) is 36.4 Å². The molecule has 2 fully saturated rings. The first-order valence-electron chi connectivity index (χ1n) is 11.0. The highest BCUT2D eigenvalue weighted by Gasteiger charge is 2.25. The monoisotopic (exact) mass is 438 g/mol. The summed E-state index contributed by atoms with van der Waals surface area (Å²) in [7, 11) is 1.66. The Bertz CT molecular complexity index is 1040. The van der Waals surface area contributed by atoms with E-state index in [9.17, 15) is 0 Å². The average molecular weight is 439 g/mol. The molecular formula is C23H30N6OS. The van der Waals surface area contributed by atoms with Crippen LogP contribution in [-0.4, -0.2) is 62.3 Å². The van der Waals surface area contributed by atoms with E-state index < -0.39 is 0 Å². The Labute approximate surface area is 187 Å². The van der Waals surface area contributed by atoms with E-state index in [0.717, 1.165) is 67.4 Å². The van der Waals surface area contributed by atoms with Gasteiger partial charge in [0.1, 0.15) is 5.75 Å². The molecule has 2 aromatic carbocycles. The SMILES string of the molecule is COc1ccc(N)cc1Nc1nc2cc(N3CCN(C4CCNCC4)CC3)ccc2s1. The Balaban J connectivity index is 1.28. The van der Waals surface area contributed by atoms with Gasteiger partial charge in [-0.1, -0.05) is 11.3 Å². The van der Waals surface area contributed by atoms with Gasteiger partial charge < -0.3 is 26.0 Å². The number of fused-ring (bicyclic) bond motifs is 1. The Morgan fingerprint density at radius 3 is 2.68 bits per heavy atom. The normalized spacial score (nSPS) is 18.4. The standard InChI is InChI=1S/C23H30N6OS/c1-30-21-4-2-16(24)14-19(21)26-23-27-20-15-18(3-5-22(20)31-23)29-12-10-28(11-13-29)17-6-8-25-9-7-17/h2-5,14-15,17,25H,6-13,24H2,1H3,(H,26,27). The number of hydrogen-bond donors (Lipinski definition) is 3. The third-order valence-corrected chi connectivity index (χ3v) is 7.29. The Morgan fingerprint density at radius 1 is 1.10 bits per heavy atom. The van der Waals surface area contributed by atoms with E-state index in [1.54, 1.807) is 18.4 Å². The fourth-order valence-electron chi connectivity index (χ4n) is 4.62. The lowest BCUT2D eigenvalue weighted by Crippen LogP contribution is -2.52. The van der Waals surface area contributed by atoms with Crippen LogP contribution in [0.1, 0.15) is 12.8 Å². The fourth-order valence-corrected chi connectivity index (χ4v) is 5.48. The largest absolute Gasteiger partial charge is 0.495 e. The van der Waals surface area contributed by atoms with Crippen LogP contribution in [0.4, 0.5) is 22.2 Å². The summed E-state index contributed by atoms with van der Waals surface area (Å²) in [6.45, 7) is 6.74. The zero-order valence-corrected chi connectivity index (χ0v) is 18.8. The van der Waals surface area contributed by atoms with E-state index in [4.69, 9.17) is 15.5 Å². The molecule has 0 amide bonds. The number of anilines is 4. The molecule has 0 radical (unpaired) electrons. The molecule has 0 bridgehead atoms. The minimum absolute atomic E-state index is 0.690. The molecule has 0 spiro atoms. The van der Waals surface area contributed by atoms with E-state index in [2.05, 4.69) is 38.6 Å². The van der Waals surface area contributed by atoms with Crippen molar-refractivity contribution in [3.8, 4) is 5.75 Å². The van der Waals surface area contributed by atoms with Gasteiger partial charge in [-0.25, -0.2) is 4.98 Å². The van der Waals surface area contributed by atoms with Gasteiger partial charge in [-0.3, -0.25) is 4.90 Å². The highest BCUT2D eigenvalue weighted by molar-refractivity contribution is 7.22. The second kappa shape index (κ2) is 8.90. The number of nitrogen functional groups attached to an aromatic ring is 1. The zero-order chi connectivity index (χ0) is 21.2. The van der Waals surface area contributed by atoms with Gasteiger partial charge in [0, 0.05) is 43.6 Å². The predicted molar refractivity (Wildman–Crippen MR) is 130 cm³/mol. The van der Waals surface area contributed by atoms with E-state index in [-0.39, 0.29) is 0 Å². The highest BCUT2D eigenvalue weighted by Crippen LogP contribution is 2.35. The van der Waals surface area contributed by atoms with Crippen LogP contribution < -0.4 is 26.0 Å². The number of methoxy groups -OCH3 is 1. The van der Waals surface area contributed by atoms with Gasteiger partial charge in [0.2, 0.25) is 0 Å². The molecule has 4 N–H and O–H groups in total. The van der Waals surface area contributed by atoms with Gasteiger partial charge >= 0.3 is 0 Å². The summed E-state index contributed by atoms with van der Waals surface area (Å²) in [5, 5.41) is 7.68. The third kappa shape index (κ3) is 4.42. The quantitative estimate of drug-likeness (QED) is 0.526. The van der Waals surface area contributed by atoms with Crippen LogP contribution in [0.3, 0.4) is 0 Å². The van der Waals surface area contributed by atoms with Gasteiger partial charge in [0.25, 0.3) is 0 Å². The minimum Gasteiger partial charge on any atom is -0.495 e. The molecule has 164 valence electrons. The second-order valence-corrected chi connectivity index (χ2v) is 9.29. The zero-order valence-electron chi connectivity index (χ0n) is 17.9. The second-order valence-electron chi connectivity index (χ2n) is 8.26. The van der Waals surface area contributed by atoms with Crippen LogP contribution in [0.5, 0.6) is 5.75 Å². The Hall–Kier alpha value is -2.55. The van der Waals surface area contributed by atoms with Crippen LogP contribution in [0.25, 0.3) is 10.2 Å². The molecule has 8 heteroatoms. The van der Waals surface area contributed by atoms with Crippen molar-refractivity contribution in [2.24, 2.45) is 0 Å². The van der Waals surface area contributed by atoms with E-state index in [1.807, 2.05) is 18.2 Å². The summed E-state index contributed by atoms with van der Waals surface area (Å²) in [5.41, 5.74) is 9.75. The van der Waals surface area contributed by atoms with E-state index in [0.29, 0.717) is 5.69 Å². The summed E-state index contributed by atoms with van der Waals surface area (Å²) in [5.74, 6) is 0.751. The van der Waals surface area contributed by atoms with Crippen LogP contribution >= 0.6 is 11.3 Å². The van der Waals surface area contributed by atoms with Crippen molar-refractivity contribution < 1.29 is 4.74 Å². The lowest BCUT2D eigenvalue weighted by Gasteiger charge is -2.41. The smallest absolute Gasteiger partial charge is 0.188 e. The first kappa shape index (κ1) is 20.4. The molecule has 1 aromatic heterocycles. The Kier molecular flexibility index (Phi) is 5.85. The number of nitrogens with zero attached hydrogens (tertiary/aromatic N) is 3. The van der Waals surface area contributed by atoms with Crippen LogP contribution in [0, 0.1) is 0 Å². The number of aromatic nitrogens is 1. The summed E-state index contributed by atoms with van der Waals surface area (Å²) < 4.78 is 6.61. The van der Waals surface area contributed by atoms with Crippen molar-refractivity contribution in [2.45, 2.75) is 18.9 Å². The summed E-state index contributed by atoms with van der Waals surface area (Å²) in [6, 6.07) is 13.0. The van der Waals surface area contributed by atoms with Crippen molar-refractivity contribution >= 4 is 43.7 Å². The third-order valence-electron chi connectivity index (χ3n) is 6.34. The molecule has 2 saturated heterocycles. The van der Waals surface area contributed by atoms with Crippen LogP contribution in [-0.2, 0) is 0 Å². The maximum absolute atomic E-state index is 5.95. The number of hydrogen-bond acceptors (Lipinski definition) is 8. The number of thiazole rings is 1. The number of rotatable bonds is 5. The first-order valence-corrected chi connectivity index (χ1v) is 11.8. The number of benzene rings is 2. The fraction of sp³-hybridized carbons (Fsp3) is 0.435. The molecule has 0 saturated carbocycles. The number of nitrogens with one attached hydrogen (secondary N) is 2. The van der Waals surface area contributed by atoms with Gasteiger partial charge in [-0.2, -0.15) is 0 Å². The predicted octanol–water partition coefficient (Wildman–Crippen LogP) is 3.50. The maximum atomic E-state index is 5.95. The van der Waals surface area contributed by atoms with Gasteiger partial charge in [0.05, 0.1) is 23.0 Å². The number of nitrogens with two attached hydrogens (primary N) is 1. The molecule has 0 aliphatic carbocycles. The molecule has 3 aromatic rings. The summed E-state index contributed by atoms with van der Waals surface area (Å²) in [6.07, 6.45) is 2.55. The molecule has 5 rings (SSSR count). The molecular weight excluding hydrogens is 408 g/mol. The number of ether oxygens (including phenoxy) is 1. The van der Waals surface area contributed by atoms with Crippen molar-refractivity contribution in [1.29, 1.82) is 0 Å².